The lowest BCUT2D eigenvalue weighted by atomic mass is 10.1. The van der Waals surface area contributed by atoms with Crippen molar-refractivity contribution in [1.29, 1.82) is 0 Å². The molecule has 0 aromatic heterocycles. The van der Waals surface area contributed by atoms with Gasteiger partial charge in [-0.1, -0.05) is 109 Å². The fraction of sp³-hybridized carbons (Fsp3) is 0.806. The standard InChI is InChI=1S/C36H65NO7/c1-6-8-10-12-14-16-17-19-21-23-25-27-35(39)44-32(30-42-29-28-33(36(40)41)37(3,4)5)31-43-34(38)26-24-22-20-18-15-13-11-9-7-2/h12,14,16-17,32-33H,6-11,13,15,18-31H2,1-5H3/p+1/b14-12+,17-16+. The first-order chi connectivity index (χ1) is 21.1. The van der Waals surface area contributed by atoms with E-state index in [0.717, 1.165) is 51.4 Å². The summed E-state index contributed by atoms with van der Waals surface area (Å²) < 4.78 is 17.1. The predicted molar refractivity (Wildman–Crippen MR) is 178 cm³/mol. The summed E-state index contributed by atoms with van der Waals surface area (Å²) in [6, 6.07) is -0.614. The Hall–Kier alpha value is -2.19. The third-order valence-electron chi connectivity index (χ3n) is 7.63. The number of carboxylic acids is 1. The molecule has 0 aromatic carbocycles. The molecule has 0 aliphatic carbocycles. The summed E-state index contributed by atoms with van der Waals surface area (Å²) in [7, 11) is 5.50. The van der Waals surface area contributed by atoms with Crippen LogP contribution in [0.3, 0.4) is 0 Å². The number of likely N-dealkylation sites (N-methyl/N-ethyl adjacent to an activating group) is 1. The van der Waals surface area contributed by atoms with E-state index in [2.05, 4.69) is 38.2 Å². The highest BCUT2D eigenvalue weighted by atomic mass is 16.6. The maximum atomic E-state index is 12.6. The van der Waals surface area contributed by atoms with Gasteiger partial charge in [-0.2, -0.15) is 0 Å². The van der Waals surface area contributed by atoms with Gasteiger partial charge < -0.3 is 23.8 Å². The van der Waals surface area contributed by atoms with Gasteiger partial charge in [0.1, 0.15) is 6.61 Å². The Morgan fingerprint density at radius 3 is 1.77 bits per heavy atom. The van der Waals surface area contributed by atoms with Crippen molar-refractivity contribution in [2.45, 2.75) is 148 Å². The van der Waals surface area contributed by atoms with Gasteiger partial charge in [-0.15, -0.1) is 0 Å². The van der Waals surface area contributed by atoms with E-state index in [1.807, 2.05) is 21.1 Å². The number of carbonyl (C=O) groups excluding carboxylic acids is 2. The lowest BCUT2D eigenvalue weighted by molar-refractivity contribution is -0.887. The van der Waals surface area contributed by atoms with Crippen LogP contribution in [0.5, 0.6) is 0 Å². The van der Waals surface area contributed by atoms with Gasteiger partial charge in [-0.05, 0) is 32.1 Å². The van der Waals surface area contributed by atoms with E-state index >= 15 is 0 Å². The van der Waals surface area contributed by atoms with Gasteiger partial charge in [0.2, 0.25) is 0 Å². The molecular weight excluding hydrogens is 558 g/mol. The first-order valence-electron chi connectivity index (χ1n) is 17.4. The SMILES string of the molecule is CCCC/C=C/C=C/CCCCCC(=O)OC(COCCC(C(=O)O)[N+](C)(C)C)COC(=O)CCCCCCCCCCC. The third-order valence-corrected chi connectivity index (χ3v) is 7.63. The molecule has 2 unspecified atom stereocenters. The van der Waals surface area contributed by atoms with Crippen LogP contribution in [0.25, 0.3) is 0 Å². The molecule has 0 aliphatic heterocycles. The van der Waals surface area contributed by atoms with E-state index < -0.39 is 18.1 Å². The average molecular weight is 625 g/mol. The minimum absolute atomic E-state index is 0.0527. The highest BCUT2D eigenvalue weighted by molar-refractivity contribution is 5.72. The second kappa shape index (κ2) is 28.3. The Balaban J connectivity index is 4.53. The van der Waals surface area contributed by atoms with Crippen LogP contribution in [0.4, 0.5) is 0 Å². The predicted octanol–water partition coefficient (Wildman–Crippen LogP) is 8.18. The molecule has 0 aliphatic rings. The van der Waals surface area contributed by atoms with Crippen LogP contribution in [0.2, 0.25) is 0 Å². The number of nitrogens with zero attached hydrogens (tertiary/aromatic N) is 1. The normalized spacial score (nSPS) is 13.4. The van der Waals surface area contributed by atoms with Crippen LogP contribution in [0, 0.1) is 0 Å². The zero-order chi connectivity index (χ0) is 32.9. The maximum absolute atomic E-state index is 12.6. The van der Waals surface area contributed by atoms with Crippen LogP contribution in [-0.2, 0) is 28.6 Å². The molecule has 0 heterocycles. The summed E-state index contributed by atoms with van der Waals surface area (Å²) in [6.07, 6.45) is 26.5. The number of aliphatic carboxylic acids is 1. The van der Waals surface area contributed by atoms with Gasteiger partial charge >= 0.3 is 17.9 Å². The third kappa shape index (κ3) is 26.2. The Morgan fingerprint density at radius 2 is 1.20 bits per heavy atom. The molecule has 1 N–H and O–H groups in total. The lowest BCUT2D eigenvalue weighted by Crippen LogP contribution is -2.50. The molecule has 2 atom stereocenters. The van der Waals surface area contributed by atoms with Crippen molar-refractivity contribution in [3.05, 3.63) is 24.3 Å². The first-order valence-corrected chi connectivity index (χ1v) is 17.4. The summed E-state index contributed by atoms with van der Waals surface area (Å²) in [5.41, 5.74) is 0. The lowest BCUT2D eigenvalue weighted by Gasteiger charge is -2.31. The molecule has 0 saturated heterocycles. The van der Waals surface area contributed by atoms with E-state index in [0.29, 0.717) is 19.3 Å². The minimum Gasteiger partial charge on any atom is -0.477 e. The molecule has 0 radical (unpaired) electrons. The molecule has 0 rings (SSSR count). The average Bonchev–Trinajstić information content (AvgIpc) is 2.96. The van der Waals surface area contributed by atoms with Crippen molar-refractivity contribution in [3.8, 4) is 0 Å². The molecule has 0 fully saturated rings. The minimum atomic E-state index is -0.881. The summed E-state index contributed by atoms with van der Waals surface area (Å²) in [6.45, 7) is 4.61. The molecular formula is C36H66NO7+. The van der Waals surface area contributed by atoms with Crippen molar-refractivity contribution in [1.82, 2.24) is 0 Å². The summed E-state index contributed by atoms with van der Waals surface area (Å²) in [5.74, 6) is -1.51. The highest BCUT2D eigenvalue weighted by Gasteiger charge is 2.31. The number of rotatable bonds is 30. The Morgan fingerprint density at radius 1 is 0.682 bits per heavy atom. The summed E-state index contributed by atoms with van der Waals surface area (Å²) >= 11 is 0. The van der Waals surface area contributed by atoms with Gasteiger partial charge in [0.25, 0.3) is 0 Å². The Bertz CT molecular complexity index is 788. The van der Waals surface area contributed by atoms with E-state index in [-0.39, 0.29) is 36.2 Å². The van der Waals surface area contributed by atoms with E-state index in [1.54, 1.807) is 0 Å². The molecule has 44 heavy (non-hydrogen) atoms. The molecule has 0 saturated carbocycles. The molecule has 8 nitrogen and oxygen atoms in total. The number of hydrogen-bond acceptors (Lipinski definition) is 6. The van der Waals surface area contributed by atoms with Crippen molar-refractivity contribution < 1.29 is 38.2 Å². The fourth-order valence-electron chi connectivity index (χ4n) is 4.83. The number of unbranched alkanes of at least 4 members (excludes halogenated alkanes) is 13. The number of ether oxygens (including phenoxy) is 3. The number of quaternary nitrogens is 1. The molecule has 0 bridgehead atoms. The molecule has 0 amide bonds. The molecule has 256 valence electrons. The smallest absolute Gasteiger partial charge is 0.362 e. The van der Waals surface area contributed by atoms with Crippen molar-refractivity contribution in [2.24, 2.45) is 0 Å². The van der Waals surface area contributed by atoms with Gasteiger partial charge in [-0.3, -0.25) is 9.59 Å². The molecule has 8 heteroatoms. The van der Waals surface area contributed by atoms with Crippen LogP contribution in [-0.4, -0.2) is 80.6 Å². The van der Waals surface area contributed by atoms with Gasteiger partial charge in [0.05, 0.1) is 34.4 Å². The van der Waals surface area contributed by atoms with Crippen molar-refractivity contribution in [2.75, 3.05) is 41.0 Å². The quantitative estimate of drug-likeness (QED) is 0.0372. The van der Waals surface area contributed by atoms with Crippen LogP contribution < -0.4 is 0 Å². The second-order valence-electron chi connectivity index (χ2n) is 12.8. The zero-order valence-electron chi connectivity index (χ0n) is 28.9. The maximum Gasteiger partial charge on any atom is 0.362 e. The molecule has 0 spiro atoms. The number of hydrogen-bond donors (Lipinski definition) is 1. The molecule has 0 aromatic rings. The summed E-state index contributed by atoms with van der Waals surface area (Å²) in [5, 5.41) is 9.54. The van der Waals surface area contributed by atoms with Gasteiger partial charge in [-0.25, -0.2) is 4.79 Å². The fourth-order valence-corrected chi connectivity index (χ4v) is 4.83. The van der Waals surface area contributed by atoms with Crippen molar-refractivity contribution in [3.63, 3.8) is 0 Å². The van der Waals surface area contributed by atoms with Crippen LogP contribution in [0.15, 0.2) is 24.3 Å². The topological polar surface area (TPSA) is 99.1 Å². The van der Waals surface area contributed by atoms with E-state index in [9.17, 15) is 19.5 Å². The van der Waals surface area contributed by atoms with E-state index in [4.69, 9.17) is 14.2 Å². The Kier molecular flexibility index (Phi) is 26.9. The zero-order valence-corrected chi connectivity index (χ0v) is 28.9. The van der Waals surface area contributed by atoms with Gasteiger partial charge in [0, 0.05) is 19.3 Å². The number of esters is 2. The van der Waals surface area contributed by atoms with Crippen molar-refractivity contribution >= 4 is 17.9 Å². The van der Waals surface area contributed by atoms with Crippen LogP contribution >= 0.6 is 0 Å². The largest absolute Gasteiger partial charge is 0.477 e. The summed E-state index contributed by atoms with van der Waals surface area (Å²) in [4.78, 5) is 36.5. The van der Waals surface area contributed by atoms with Gasteiger partial charge in [0.15, 0.2) is 12.1 Å². The Labute approximate surface area is 269 Å². The number of carboxylic acid groups (broad SMARTS) is 1. The number of carbonyl (C=O) groups is 3. The first kappa shape index (κ1) is 41.8. The van der Waals surface area contributed by atoms with Crippen LogP contribution in [0.1, 0.15) is 136 Å². The second-order valence-corrected chi connectivity index (χ2v) is 12.8. The number of allylic oxidation sites excluding steroid dienone is 4. The van der Waals surface area contributed by atoms with E-state index in [1.165, 1.54) is 51.4 Å². The monoisotopic (exact) mass is 624 g/mol. The highest BCUT2D eigenvalue weighted by Crippen LogP contribution is 2.12.